The van der Waals surface area contributed by atoms with Crippen molar-refractivity contribution in [2.24, 2.45) is 0 Å². The topological polar surface area (TPSA) is 59.7 Å². The van der Waals surface area contributed by atoms with E-state index in [0.29, 0.717) is 15.8 Å². The highest BCUT2D eigenvalue weighted by Crippen LogP contribution is 2.28. The van der Waals surface area contributed by atoms with Crippen LogP contribution in [-0.2, 0) is 6.61 Å². The third-order valence-electron chi connectivity index (χ3n) is 2.23. The molecule has 1 heterocycles. The van der Waals surface area contributed by atoms with Gasteiger partial charge in [-0.05, 0) is 18.2 Å². The van der Waals surface area contributed by atoms with Crippen LogP contribution >= 0.6 is 23.2 Å². The zero-order chi connectivity index (χ0) is 13.1. The lowest BCUT2D eigenvalue weighted by molar-refractivity contribution is 0.0692. The maximum atomic E-state index is 10.9. The van der Waals surface area contributed by atoms with E-state index < -0.39 is 5.97 Å². The summed E-state index contributed by atoms with van der Waals surface area (Å²) in [7, 11) is 0. The van der Waals surface area contributed by atoms with E-state index in [1.165, 1.54) is 12.3 Å². The van der Waals surface area contributed by atoms with Crippen molar-refractivity contribution in [2.45, 2.75) is 6.61 Å². The summed E-state index contributed by atoms with van der Waals surface area (Å²) < 4.78 is 10.4. The maximum absolute atomic E-state index is 10.9. The zero-order valence-electron chi connectivity index (χ0n) is 9.02. The first-order chi connectivity index (χ1) is 8.58. The molecule has 2 aromatic rings. The highest BCUT2D eigenvalue weighted by molar-refractivity contribution is 6.34. The minimum atomic E-state index is -1.07. The van der Waals surface area contributed by atoms with Gasteiger partial charge in [0.05, 0.1) is 11.3 Å². The SMILES string of the molecule is O=C(O)c1ccoc1COc1cc(Cl)ccc1Cl. The summed E-state index contributed by atoms with van der Waals surface area (Å²) >= 11 is 11.7. The van der Waals surface area contributed by atoms with Gasteiger partial charge in [-0.3, -0.25) is 0 Å². The second-order valence-corrected chi connectivity index (χ2v) is 4.27. The maximum Gasteiger partial charge on any atom is 0.339 e. The van der Waals surface area contributed by atoms with Crippen LogP contribution in [0, 0.1) is 0 Å². The normalized spacial score (nSPS) is 10.3. The van der Waals surface area contributed by atoms with Crippen LogP contribution in [0.15, 0.2) is 34.9 Å². The highest BCUT2D eigenvalue weighted by Gasteiger charge is 2.14. The second kappa shape index (κ2) is 5.33. The lowest BCUT2D eigenvalue weighted by Gasteiger charge is -2.07. The van der Waals surface area contributed by atoms with Crippen molar-refractivity contribution in [1.82, 2.24) is 0 Å². The molecule has 0 bridgehead atoms. The number of aromatic carboxylic acids is 1. The molecular formula is C12H8Cl2O4. The third-order valence-corrected chi connectivity index (χ3v) is 2.78. The minimum Gasteiger partial charge on any atom is -0.484 e. The Morgan fingerprint density at radius 1 is 1.33 bits per heavy atom. The fraction of sp³-hybridized carbons (Fsp3) is 0.0833. The van der Waals surface area contributed by atoms with E-state index in [4.69, 9.17) is 37.5 Å². The zero-order valence-corrected chi connectivity index (χ0v) is 10.5. The molecule has 1 aromatic carbocycles. The molecule has 0 aliphatic heterocycles. The predicted molar refractivity (Wildman–Crippen MR) is 66.5 cm³/mol. The van der Waals surface area contributed by atoms with Crippen LogP contribution in [0.5, 0.6) is 5.75 Å². The highest BCUT2D eigenvalue weighted by atomic mass is 35.5. The van der Waals surface area contributed by atoms with Crippen LogP contribution in [0.4, 0.5) is 0 Å². The number of hydrogen-bond acceptors (Lipinski definition) is 3. The number of halogens is 2. The Labute approximate surface area is 113 Å². The molecule has 0 aliphatic rings. The van der Waals surface area contributed by atoms with Crippen LogP contribution in [0.2, 0.25) is 10.0 Å². The van der Waals surface area contributed by atoms with E-state index in [-0.39, 0.29) is 17.9 Å². The number of benzene rings is 1. The summed E-state index contributed by atoms with van der Waals surface area (Å²) in [5.41, 5.74) is 0.0631. The molecule has 1 N–H and O–H groups in total. The molecule has 6 heteroatoms. The fourth-order valence-corrected chi connectivity index (χ4v) is 1.71. The molecule has 0 radical (unpaired) electrons. The van der Waals surface area contributed by atoms with Gasteiger partial charge < -0.3 is 14.3 Å². The van der Waals surface area contributed by atoms with E-state index in [0.717, 1.165) is 0 Å². The van der Waals surface area contributed by atoms with Crippen molar-refractivity contribution < 1.29 is 19.1 Å². The van der Waals surface area contributed by atoms with E-state index >= 15 is 0 Å². The van der Waals surface area contributed by atoms with Gasteiger partial charge in [0.1, 0.15) is 17.9 Å². The summed E-state index contributed by atoms with van der Waals surface area (Å²) in [5.74, 6) is -0.477. The summed E-state index contributed by atoms with van der Waals surface area (Å²) in [6.07, 6.45) is 1.29. The first-order valence-electron chi connectivity index (χ1n) is 4.95. The molecule has 2 rings (SSSR count). The number of ether oxygens (including phenoxy) is 1. The monoisotopic (exact) mass is 286 g/mol. The molecule has 4 nitrogen and oxygen atoms in total. The van der Waals surface area contributed by atoms with E-state index in [2.05, 4.69) is 0 Å². The molecule has 0 unspecified atom stereocenters. The van der Waals surface area contributed by atoms with Gasteiger partial charge in [0, 0.05) is 11.1 Å². The Bertz CT molecular complexity index is 577. The number of hydrogen-bond donors (Lipinski definition) is 1. The molecule has 0 saturated heterocycles. The van der Waals surface area contributed by atoms with Gasteiger partial charge in [0.15, 0.2) is 5.76 Å². The Morgan fingerprint density at radius 3 is 2.83 bits per heavy atom. The van der Waals surface area contributed by atoms with Crippen LogP contribution in [-0.4, -0.2) is 11.1 Å². The van der Waals surface area contributed by atoms with Crippen molar-refractivity contribution in [2.75, 3.05) is 0 Å². The van der Waals surface area contributed by atoms with Crippen molar-refractivity contribution in [3.63, 3.8) is 0 Å². The summed E-state index contributed by atoms with van der Waals surface area (Å²) in [6, 6.07) is 6.14. The number of carbonyl (C=O) groups is 1. The average Bonchev–Trinajstić information content (AvgIpc) is 2.79. The summed E-state index contributed by atoms with van der Waals surface area (Å²) in [6.45, 7) is -0.0330. The molecule has 1 aromatic heterocycles. The van der Waals surface area contributed by atoms with Gasteiger partial charge in [-0.1, -0.05) is 23.2 Å². The van der Waals surface area contributed by atoms with Gasteiger partial charge in [0.2, 0.25) is 0 Å². The quantitative estimate of drug-likeness (QED) is 0.927. The van der Waals surface area contributed by atoms with Crippen LogP contribution in [0.1, 0.15) is 16.1 Å². The standard InChI is InChI=1S/C12H8Cl2O4/c13-7-1-2-9(14)10(5-7)18-6-11-8(12(15)16)3-4-17-11/h1-5H,6H2,(H,15,16). The fourth-order valence-electron chi connectivity index (χ4n) is 1.37. The first-order valence-corrected chi connectivity index (χ1v) is 5.71. The molecule has 0 atom stereocenters. The number of carboxylic acids is 1. The van der Waals surface area contributed by atoms with E-state index in [1.54, 1.807) is 18.2 Å². The number of furan rings is 1. The van der Waals surface area contributed by atoms with Crippen molar-refractivity contribution in [3.05, 3.63) is 51.9 Å². The average molecular weight is 287 g/mol. The Morgan fingerprint density at radius 2 is 2.11 bits per heavy atom. The smallest absolute Gasteiger partial charge is 0.339 e. The molecule has 0 aliphatic carbocycles. The van der Waals surface area contributed by atoms with Crippen LogP contribution < -0.4 is 4.74 Å². The summed E-state index contributed by atoms with van der Waals surface area (Å²) in [5, 5.41) is 9.76. The lowest BCUT2D eigenvalue weighted by atomic mass is 10.2. The van der Waals surface area contributed by atoms with E-state index in [9.17, 15) is 4.79 Å². The molecular weight excluding hydrogens is 279 g/mol. The largest absolute Gasteiger partial charge is 0.484 e. The van der Waals surface area contributed by atoms with Gasteiger partial charge >= 0.3 is 5.97 Å². The third kappa shape index (κ3) is 2.78. The molecule has 18 heavy (non-hydrogen) atoms. The number of rotatable bonds is 4. The van der Waals surface area contributed by atoms with E-state index in [1.807, 2.05) is 0 Å². The van der Waals surface area contributed by atoms with Crippen molar-refractivity contribution in [3.8, 4) is 5.75 Å². The molecule has 0 saturated carbocycles. The Kier molecular flexibility index (Phi) is 3.79. The molecule has 0 amide bonds. The minimum absolute atomic E-state index is 0.0330. The van der Waals surface area contributed by atoms with Crippen molar-refractivity contribution in [1.29, 1.82) is 0 Å². The van der Waals surface area contributed by atoms with Gasteiger partial charge in [-0.2, -0.15) is 0 Å². The lowest BCUT2D eigenvalue weighted by Crippen LogP contribution is -2.02. The van der Waals surface area contributed by atoms with Gasteiger partial charge in [-0.25, -0.2) is 4.79 Å². The predicted octanol–water partition coefficient (Wildman–Crippen LogP) is 3.86. The Balaban J connectivity index is 2.14. The summed E-state index contributed by atoms with van der Waals surface area (Å²) in [4.78, 5) is 10.9. The molecule has 0 fully saturated rings. The van der Waals surface area contributed by atoms with Crippen molar-refractivity contribution >= 4 is 29.2 Å². The molecule has 0 spiro atoms. The van der Waals surface area contributed by atoms with Gasteiger partial charge in [0.25, 0.3) is 0 Å². The molecule has 94 valence electrons. The first kappa shape index (κ1) is 12.8. The van der Waals surface area contributed by atoms with Crippen LogP contribution in [0.25, 0.3) is 0 Å². The number of carboxylic acid groups (broad SMARTS) is 1. The van der Waals surface area contributed by atoms with Crippen LogP contribution in [0.3, 0.4) is 0 Å². The second-order valence-electron chi connectivity index (χ2n) is 3.43. The van der Waals surface area contributed by atoms with Gasteiger partial charge in [-0.15, -0.1) is 0 Å². The Hall–Kier alpha value is -1.65.